The molecule has 2 fully saturated rings. The van der Waals surface area contributed by atoms with Crippen LogP contribution in [-0.4, -0.2) is 115 Å². The molecule has 7 rings (SSSR count). The molecule has 0 radical (unpaired) electrons. The lowest BCUT2D eigenvalue weighted by molar-refractivity contribution is -0.138. The summed E-state index contributed by atoms with van der Waals surface area (Å²) in [7, 11) is 5.57. The van der Waals surface area contributed by atoms with E-state index in [1.54, 1.807) is 24.9 Å². The molecule has 6 atom stereocenters. The van der Waals surface area contributed by atoms with Gasteiger partial charge in [0.1, 0.15) is 17.9 Å². The smallest absolute Gasteiger partial charge is 0.407 e. The molecular formula is C44H55N7O8. The number of imidazole rings is 1. The van der Waals surface area contributed by atoms with Crippen molar-refractivity contribution in [2.24, 2.45) is 0 Å². The van der Waals surface area contributed by atoms with E-state index in [2.05, 4.69) is 74.1 Å². The van der Waals surface area contributed by atoms with E-state index in [1.807, 2.05) is 4.90 Å². The van der Waals surface area contributed by atoms with Gasteiger partial charge < -0.3 is 49.3 Å². The Kier molecular flexibility index (Phi) is 12.7. The number of carbonyl (C=O) groups excluding carboxylic acids is 4. The summed E-state index contributed by atoms with van der Waals surface area (Å²) in [5, 5.41) is 5.32. The lowest BCUT2D eigenvalue weighted by Gasteiger charge is -2.31. The number of rotatable bonds is 13. The minimum atomic E-state index is -0.895. The molecule has 0 unspecified atom stereocenters. The van der Waals surface area contributed by atoms with Crippen LogP contribution in [0.25, 0.3) is 33.6 Å². The number of H-pyrrole nitrogens is 2. The average molecular weight is 810 g/mol. The summed E-state index contributed by atoms with van der Waals surface area (Å²) in [6.45, 7) is 4.66. The number of amides is 4. The van der Waals surface area contributed by atoms with Gasteiger partial charge in [-0.2, -0.15) is 0 Å². The second-order valence-electron chi connectivity index (χ2n) is 15.5. The maximum absolute atomic E-state index is 13.9. The fourth-order valence-corrected chi connectivity index (χ4v) is 8.86. The summed E-state index contributed by atoms with van der Waals surface area (Å²) in [4.78, 5) is 67.3. The van der Waals surface area contributed by atoms with Crippen LogP contribution in [0.2, 0.25) is 0 Å². The number of alkyl carbamates (subject to hydrolysis) is 2. The fourth-order valence-electron chi connectivity index (χ4n) is 8.86. The maximum atomic E-state index is 13.9. The van der Waals surface area contributed by atoms with Gasteiger partial charge in [-0.3, -0.25) is 9.59 Å². The van der Waals surface area contributed by atoms with Gasteiger partial charge in [0.25, 0.3) is 0 Å². The number of ether oxygens (including phenoxy) is 4. The Labute approximate surface area is 344 Å². The highest BCUT2D eigenvalue weighted by Gasteiger charge is 2.41. The second kappa shape index (κ2) is 18.1. The zero-order chi connectivity index (χ0) is 41.8. The molecule has 2 aromatic carbocycles. The fraction of sp³-hybridized carbons (Fsp3) is 0.477. The zero-order valence-corrected chi connectivity index (χ0v) is 34.6. The summed E-state index contributed by atoms with van der Waals surface area (Å²) in [5.41, 5.74) is 9.87. The second-order valence-corrected chi connectivity index (χ2v) is 15.5. The third-order valence-corrected chi connectivity index (χ3v) is 12.3. The normalized spacial score (nSPS) is 19.5. The van der Waals surface area contributed by atoms with E-state index in [4.69, 9.17) is 18.9 Å². The van der Waals surface area contributed by atoms with Crippen LogP contribution in [0.5, 0.6) is 0 Å². The molecular weight excluding hydrogens is 755 g/mol. The number of fused-ring (bicyclic) bond motifs is 1. The molecule has 4 amide bonds. The maximum Gasteiger partial charge on any atom is 0.407 e. The minimum absolute atomic E-state index is 0.121. The SMILES string of the molecule is COC(=O)N[C@H](C(=O)N1CCC[C@@H]1c1[nH]c(-c2ccc(-c3ccc(-c4cnc([C@@H]5CCCN5C(=O)[C@@H](NC(=O)OC)[C@@H](C)OC)[nH]4)cc3)cc2)c2c1CCC2)[C@@H](C)OC. The van der Waals surface area contributed by atoms with Crippen LogP contribution in [-0.2, 0) is 41.4 Å². The highest BCUT2D eigenvalue weighted by molar-refractivity contribution is 5.88. The quantitative estimate of drug-likeness (QED) is 0.125. The van der Waals surface area contributed by atoms with Crippen molar-refractivity contribution < 1.29 is 38.1 Å². The van der Waals surface area contributed by atoms with Crippen LogP contribution in [0.1, 0.15) is 80.7 Å². The van der Waals surface area contributed by atoms with Gasteiger partial charge in [-0.1, -0.05) is 48.5 Å². The molecule has 1 aliphatic carbocycles. The molecule has 3 aliphatic rings. The zero-order valence-electron chi connectivity index (χ0n) is 34.6. The Morgan fingerprint density at radius 2 is 1.15 bits per heavy atom. The average Bonchev–Trinajstić information content (AvgIpc) is 4.12. The third-order valence-electron chi connectivity index (χ3n) is 12.3. The van der Waals surface area contributed by atoms with Crippen molar-refractivity contribution in [3.63, 3.8) is 0 Å². The van der Waals surface area contributed by atoms with Gasteiger partial charge >= 0.3 is 12.2 Å². The lowest BCUT2D eigenvalue weighted by atomic mass is 9.99. The van der Waals surface area contributed by atoms with Crippen molar-refractivity contribution in [3.05, 3.63) is 77.4 Å². The Morgan fingerprint density at radius 1 is 0.661 bits per heavy atom. The van der Waals surface area contributed by atoms with E-state index in [-0.39, 0.29) is 23.9 Å². The van der Waals surface area contributed by atoms with E-state index >= 15 is 0 Å². The van der Waals surface area contributed by atoms with Crippen LogP contribution >= 0.6 is 0 Å². The molecule has 2 aliphatic heterocycles. The predicted octanol–water partition coefficient (Wildman–Crippen LogP) is 6.07. The number of methoxy groups -OCH3 is 4. The van der Waals surface area contributed by atoms with Gasteiger partial charge in [-0.25, -0.2) is 14.6 Å². The van der Waals surface area contributed by atoms with E-state index in [9.17, 15) is 19.2 Å². The Bertz CT molecular complexity index is 2130. The first-order valence-corrected chi connectivity index (χ1v) is 20.4. The minimum Gasteiger partial charge on any atom is -0.453 e. The highest BCUT2D eigenvalue weighted by atomic mass is 16.5. The van der Waals surface area contributed by atoms with E-state index in [0.717, 1.165) is 84.3 Å². The summed E-state index contributed by atoms with van der Waals surface area (Å²) < 4.78 is 20.5. The van der Waals surface area contributed by atoms with Crippen LogP contribution in [0.4, 0.5) is 9.59 Å². The number of nitrogens with zero attached hydrogens (tertiary/aromatic N) is 3. The molecule has 4 heterocycles. The van der Waals surface area contributed by atoms with Gasteiger partial charge in [0, 0.05) is 38.7 Å². The topological polar surface area (TPSA) is 180 Å². The van der Waals surface area contributed by atoms with Gasteiger partial charge in [-0.05, 0) is 92.2 Å². The first-order valence-electron chi connectivity index (χ1n) is 20.4. The summed E-state index contributed by atoms with van der Waals surface area (Å²) in [6.07, 6.45) is 5.61. The van der Waals surface area contributed by atoms with Gasteiger partial charge in [0.15, 0.2) is 0 Å². The van der Waals surface area contributed by atoms with E-state index in [0.29, 0.717) is 18.9 Å². The number of aromatic amines is 2. The van der Waals surface area contributed by atoms with Crippen LogP contribution in [0.3, 0.4) is 0 Å². The number of benzene rings is 2. The molecule has 4 aromatic rings. The number of nitrogens with one attached hydrogen (secondary N) is 4. The molecule has 15 nitrogen and oxygen atoms in total. The molecule has 4 N–H and O–H groups in total. The van der Waals surface area contributed by atoms with E-state index in [1.165, 1.54) is 39.6 Å². The van der Waals surface area contributed by atoms with E-state index < -0.39 is 36.5 Å². The summed E-state index contributed by atoms with van der Waals surface area (Å²) in [5.74, 6) is 0.272. The molecule has 59 heavy (non-hydrogen) atoms. The van der Waals surface area contributed by atoms with Crippen molar-refractivity contribution in [2.45, 2.75) is 95.2 Å². The van der Waals surface area contributed by atoms with Crippen molar-refractivity contribution in [1.82, 2.24) is 35.4 Å². The van der Waals surface area contributed by atoms with Crippen LogP contribution in [0.15, 0.2) is 54.7 Å². The Balaban J connectivity index is 1.05. The monoisotopic (exact) mass is 809 g/mol. The molecule has 314 valence electrons. The first-order chi connectivity index (χ1) is 28.6. The molecule has 15 heteroatoms. The Morgan fingerprint density at radius 3 is 1.69 bits per heavy atom. The predicted molar refractivity (Wildman–Crippen MR) is 220 cm³/mol. The lowest BCUT2D eigenvalue weighted by Crippen LogP contribution is -2.54. The highest BCUT2D eigenvalue weighted by Crippen LogP contribution is 2.42. The van der Waals surface area contributed by atoms with Crippen molar-refractivity contribution in [3.8, 4) is 33.6 Å². The van der Waals surface area contributed by atoms with Gasteiger partial charge in [0.05, 0.1) is 50.4 Å². The van der Waals surface area contributed by atoms with Gasteiger partial charge in [-0.15, -0.1) is 0 Å². The standard InChI is InChI=1S/C44H55N7O8/c1-25(56-3)36(48-43(54)58-5)41(52)50-22-8-12-34(50)39-32-11-7-10-31(32)38(47-39)30-20-16-28(17-21-30)27-14-18-29(19-15-27)33-24-45-40(46-33)35-13-9-23-51(35)42(53)37(26(2)57-4)49-44(55)59-6/h14-21,24-26,34-37,47H,7-13,22-23H2,1-6H3,(H,45,46)(H,48,54)(H,49,55)/t25-,26-,34-,35+,36+,37+/m1/s1. The van der Waals surface area contributed by atoms with Crippen LogP contribution < -0.4 is 10.6 Å². The number of hydrogen-bond acceptors (Lipinski definition) is 9. The number of hydrogen-bond donors (Lipinski definition) is 4. The van der Waals surface area contributed by atoms with Gasteiger partial charge in [0.2, 0.25) is 11.8 Å². The molecule has 2 saturated heterocycles. The summed E-state index contributed by atoms with van der Waals surface area (Å²) in [6, 6.07) is 14.7. The van der Waals surface area contributed by atoms with Crippen molar-refractivity contribution in [1.29, 1.82) is 0 Å². The molecule has 0 spiro atoms. The molecule has 0 bridgehead atoms. The number of likely N-dealkylation sites (tertiary alicyclic amines) is 2. The first kappa shape index (κ1) is 41.5. The molecule has 2 aromatic heterocycles. The largest absolute Gasteiger partial charge is 0.453 e. The van der Waals surface area contributed by atoms with Crippen molar-refractivity contribution in [2.75, 3.05) is 41.5 Å². The third kappa shape index (κ3) is 8.44. The molecule has 0 saturated carbocycles. The number of aromatic nitrogens is 3. The Hall–Kier alpha value is -5.67. The van der Waals surface area contributed by atoms with Crippen LogP contribution in [0, 0.1) is 0 Å². The number of carbonyl (C=O) groups is 4. The summed E-state index contributed by atoms with van der Waals surface area (Å²) >= 11 is 0. The van der Waals surface area contributed by atoms with Crippen molar-refractivity contribution >= 4 is 24.0 Å².